The molecule has 1 aliphatic rings. The molecule has 23 heavy (non-hydrogen) atoms. The number of benzene rings is 1. The van der Waals surface area contributed by atoms with Crippen LogP contribution >= 0.6 is 11.3 Å². The van der Waals surface area contributed by atoms with Crippen molar-refractivity contribution in [1.82, 2.24) is 20.2 Å². The normalized spacial score (nSPS) is 13.0. The number of nitrogens with zero attached hydrogens (tertiary/aromatic N) is 4. The van der Waals surface area contributed by atoms with Crippen LogP contribution in [0.5, 0.6) is 0 Å². The van der Waals surface area contributed by atoms with Crippen LogP contribution in [-0.2, 0) is 24.2 Å². The third-order valence-corrected chi connectivity index (χ3v) is 4.73. The van der Waals surface area contributed by atoms with E-state index in [0.29, 0.717) is 5.82 Å². The highest BCUT2D eigenvalue weighted by Crippen LogP contribution is 2.25. The number of anilines is 1. The number of aromatic nitrogens is 4. The molecule has 1 aliphatic carbocycles. The Hall–Kier alpha value is -2.54. The van der Waals surface area contributed by atoms with Crippen LogP contribution in [-0.4, -0.2) is 26.1 Å². The molecule has 0 spiro atoms. The van der Waals surface area contributed by atoms with Gasteiger partial charge in [0.15, 0.2) is 0 Å². The quantitative estimate of drug-likeness (QED) is 0.800. The van der Waals surface area contributed by atoms with Gasteiger partial charge in [-0.2, -0.15) is 4.80 Å². The summed E-state index contributed by atoms with van der Waals surface area (Å²) in [7, 11) is 0. The van der Waals surface area contributed by atoms with Crippen molar-refractivity contribution < 1.29 is 4.79 Å². The average Bonchev–Trinajstić information content (AvgIpc) is 3.27. The zero-order valence-corrected chi connectivity index (χ0v) is 13.2. The third-order valence-electron chi connectivity index (χ3n) is 3.86. The summed E-state index contributed by atoms with van der Waals surface area (Å²) in [5.74, 6) is 0.392. The summed E-state index contributed by atoms with van der Waals surface area (Å²) in [6.07, 6.45) is 3.42. The highest BCUT2D eigenvalue weighted by atomic mass is 32.1. The number of fused-ring (bicyclic) bond motifs is 1. The zero-order chi connectivity index (χ0) is 15.6. The maximum Gasteiger partial charge on any atom is 0.248 e. The molecular formula is C16H15N5OS. The second kappa shape index (κ2) is 5.92. The molecule has 0 unspecified atom stereocenters. The first-order chi connectivity index (χ1) is 11.3. The molecule has 1 N–H and O–H groups in total. The minimum absolute atomic E-state index is 0.0511. The molecule has 0 radical (unpaired) electrons. The SMILES string of the molecule is O=C(Cn1nnc(-c2cccs2)n1)Nc1ccc2c(c1)CCC2. The van der Waals surface area contributed by atoms with Gasteiger partial charge in [-0.15, -0.1) is 21.5 Å². The van der Waals surface area contributed by atoms with Crippen LogP contribution in [0.2, 0.25) is 0 Å². The lowest BCUT2D eigenvalue weighted by atomic mass is 10.1. The monoisotopic (exact) mass is 325 g/mol. The second-order valence-corrected chi connectivity index (χ2v) is 6.45. The van der Waals surface area contributed by atoms with Gasteiger partial charge < -0.3 is 5.32 Å². The summed E-state index contributed by atoms with van der Waals surface area (Å²) < 4.78 is 0. The lowest BCUT2D eigenvalue weighted by Gasteiger charge is -2.06. The Morgan fingerprint density at radius 2 is 2.17 bits per heavy atom. The van der Waals surface area contributed by atoms with Crippen LogP contribution < -0.4 is 5.32 Å². The van der Waals surface area contributed by atoms with Gasteiger partial charge in [0.2, 0.25) is 11.7 Å². The molecule has 3 aromatic rings. The van der Waals surface area contributed by atoms with Crippen LogP contribution in [0.4, 0.5) is 5.69 Å². The van der Waals surface area contributed by atoms with Crippen LogP contribution in [0.25, 0.3) is 10.7 Å². The summed E-state index contributed by atoms with van der Waals surface area (Å²) in [5, 5.41) is 17.0. The molecule has 0 fully saturated rings. The van der Waals surface area contributed by atoms with E-state index in [1.807, 2.05) is 23.6 Å². The molecule has 4 rings (SSSR count). The van der Waals surface area contributed by atoms with E-state index >= 15 is 0 Å². The number of aryl methyl sites for hydroxylation is 2. The van der Waals surface area contributed by atoms with E-state index in [0.717, 1.165) is 23.4 Å². The van der Waals surface area contributed by atoms with Gasteiger partial charge in [0, 0.05) is 5.69 Å². The van der Waals surface area contributed by atoms with Crippen molar-refractivity contribution in [3.05, 3.63) is 46.8 Å². The number of amides is 1. The highest BCUT2D eigenvalue weighted by Gasteiger charge is 2.13. The molecule has 0 saturated heterocycles. The molecule has 0 saturated carbocycles. The highest BCUT2D eigenvalue weighted by molar-refractivity contribution is 7.13. The number of rotatable bonds is 4. The maximum absolute atomic E-state index is 12.1. The lowest BCUT2D eigenvalue weighted by molar-refractivity contribution is -0.117. The standard InChI is InChI=1S/C16H15N5OS/c22-15(17-13-7-6-11-3-1-4-12(11)9-13)10-21-19-16(18-20-21)14-5-2-8-23-14/h2,5-9H,1,3-4,10H2,(H,17,22). The summed E-state index contributed by atoms with van der Waals surface area (Å²) in [5.41, 5.74) is 3.55. The number of hydrogen-bond acceptors (Lipinski definition) is 5. The first-order valence-electron chi connectivity index (χ1n) is 7.51. The van der Waals surface area contributed by atoms with Gasteiger partial charge in [-0.25, -0.2) is 0 Å². The van der Waals surface area contributed by atoms with Gasteiger partial charge in [0.05, 0.1) is 4.88 Å². The second-order valence-electron chi connectivity index (χ2n) is 5.51. The molecule has 7 heteroatoms. The van der Waals surface area contributed by atoms with E-state index < -0.39 is 0 Å². The van der Waals surface area contributed by atoms with Crippen molar-refractivity contribution in [2.75, 3.05) is 5.32 Å². The molecule has 0 aliphatic heterocycles. The summed E-state index contributed by atoms with van der Waals surface area (Å²) >= 11 is 1.54. The molecule has 0 atom stereocenters. The number of thiophene rings is 1. The summed E-state index contributed by atoms with van der Waals surface area (Å²) in [6, 6.07) is 9.97. The van der Waals surface area contributed by atoms with Crippen LogP contribution in [0.15, 0.2) is 35.7 Å². The van der Waals surface area contributed by atoms with Crippen molar-refractivity contribution in [3.8, 4) is 10.7 Å². The van der Waals surface area contributed by atoms with E-state index in [1.54, 1.807) is 11.3 Å². The van der Waals surface area contributed by atoms with Crippen molar-refractivity contribution in [2.24, 2.45) is 0 Å². The lowest BCUT2D eigenvalue weighted by Crippen LogP contribution is -2.20. The third kappa shape index (κ3) is 3.00. The zero-order valence-electron chi connectivity index (χ0n) is 12.4. The van der Waals surface area contributed by atoms with Gasteiger partial charge >= 0.3 is 0 Å². The van der Waals surface area contributed by atoms with Gasteiger partial charge in [0.1, 0.15) is 6.54 Å². The molecule has 2 aromatic heterocycles. The molecule has 6 nitrogen and oxygen atoms in total. The number of tetrazole rings is 1. The predicted molar refractivity (Wildman–Crippen MR) is 88.2 cm³/mol. The molecule has 1 aromatic carbocycles. The molecule has 2 heterocycles. The van der Waals surface area contributed by atoms with Crippen LogP contribution in [0.3, 0.4) is 0 Å². The Labute approximate surface area is 137 Å². The number of hydrogen-bond donors (Lipinski definition) is 1. The van der Waals surface area contributed by atoms with E-state index in [9.17, 15) is 4.79 Å². The van der Waals surface area contributed by atoms with Crippen LogP contribution in [0, 0.1) is 0 Å². The Bertz CT molecular complexity index is 840. The van der Waals surface area contributed by atoms with E-state index in [4.69, 9.17) is 0 Å². The van der Waals surface area contributed by atoms with Gasteiger partial charge in [-0.1, -0.05) is 12.1 Å². The fourth-order valence-electron chi connectivity index (χ4n) is 2.79. The first kappa shape index (κ1) is 14.1. The van der Waals surface area contributed by atoms with E-state index in [2.05, 4.69) is 32.9 Å². The smallest absolute Gasteiger partial charge is 0.248 e. The minimum Gasteiger partial charge on any atom is -0.324 e. The Morgan fingerprint density at radius 1 is 1.26 bits per heavy atom. The van der Waals surface area contributed by atoms with E-state index in [1.165, 1.54) is 22.3 Å². The Balaban J connectivity index is 1.42. The van der Waals surface area contributed by atoms with Crippen molar-refractivity contribution in [1.29, 1.82) is 0 Å². The minimum atomic E-state index is -0.155. The maximum atomic E-state index is 12.1. The van der Waals surface area contributed by atoms with Crippen molar-refractivity contribution in [2.45, 2.75) is 25.8 Å². The molecule has 116 valence electrons. The fourth-order valence-corrected chi connectivity index (χ4v) is 3.44. The topological polar surface area (TPSA) is 72.7 Å². The number of carbonyl (C=O) groups excluding carboxylic acids is 1. The predicted octanol–water partition coefficient (Wildman–Crippen LogP) is 2.53. The van der Waals surface area contributed by atoms with Crippen molar-refractivity contribution >= 4 is 22.9 Å². The molecule has 0 bridgehead atoms. The van der Waals surface area contributed by atoms with E-state index in [-0.39, 0.29) is 12.5 Å². The molecular weight excluding hydrogens is 310 g/mol. The first-order valence-corrected chi connectivity index (χ1v) is 8.39. The van der Waals surface area contributed by atoms with Gasteiger partial charge in [0.25, 0.3) is 0 Å². The number of carbonyl (C=O) groups is 1. The van der Waals surface area contributed by atoms with Crippen molar-refractivity contribution in [3.63, 3.8) is 0 Å². The van der Waals surface area contributed by atoms with Crippen LogP contribution in [0.1, 0.15) is 17.5 Å². The Kier molecular flexibility index (Phi) is 3.63. The fraction of sp³-hybridized carbons (Fsp3) is 0.250. The largest absolute Gasteiger partial charge is 0.324 e. The average molecular weight is 325 g/mol. The van der Waals surface area contributed by atoms with Gasteiger partial charge in [-0.05, 0) is 59.2 Å². The summed E-state index contributed by atoms with van der Waals surface area (Å²) in [6.45, 7) is 0.0511. The number of nitrogens with one attached hydrogen (secondary N) is 1. The Morgan fingerprint density at radius 3 is 3.04 bits per heavy atom. The summed E-state index contributed by atoms with van der Waals surface area (Å²) in [4.78, 5) is 14.4. The molecule has 1 amide bonds. The van der Waals surface area contributed by atoms with Gasteiger partial charge in [-0.3, -0.25) is 4.79 Å².